The first-order valence-electron chi connectivity index (χ1n) is 16.8. The molecule has 3 atom stereocenters. The van der Waals surface area contributed by atoms with Gasteiger partial charge < -0.3 is 24.3 Å². The van der Waals surface area contributed by atoms with Crippen molar-refractivity contribution in [1.29, 1.82) is 0 Å². The zero-order valence-electron chi connectivity index (χ0n) is 28.6. The molecule has 14 nitrogen and oxygen atoms in total. The zero-order chi connectivity index (χ0) is 35.3. The number of benzene rings is 1. The van der Waals surface area contributed by atoms with Gasteiger partial charge in [-0.25, -0.2) is 23.4 Å². The molecule has 2 aliphatic rings. The molecule has 6 rings (SSSR count). The smallest absolute Gasteiger partial charge is 0.304 e. The summed E-state index contributed by atoms with van der Waals surface area (Å²) in [4.78, 5) is 11.5. The first-order chi connectivity index (χ1) is 24.0. The fourth-order valence-corrected chi connectivity index (χ4v) is 6.76. The average molecular weight is 717 g/mol. The zero-order valence-corrected chi connectivity index (χ0v) is 29.3. The number of aromatic nitrogens is 8. The van der Waals surface area contributed by atoms with Gasteiger partial charge >= 0.3 is 5.92 Å². The van der Waals surface area contributed by atoms with E-state index >= 15 is 0 Å². The monoisotopic (exact) mass is 716 g/mol. The molecule has 4 aromatic rings. The maximum atomic E-state index is 14.3. The number of nitrogens with zero attached hydrogens (tertiary/aromatic N) is 9. The van der Waals surface area contributed by atoms with Crippen molar-refractivity contribution < 1.29 is 27.7 Å². The third-order valence-electron chi connectivity index (χ3n) is 8.80. The molecule has 0 amide bonds. The van der Waals surface area contributed by atoms with Crippen molar-refractivity contribution in [3.8, 4) is 22.8 Å². The molecule has 1 saturated heterocycles. The molecule has 3 aromatic heterocycles. The molecule has 0 bridgehead atoms. The number of methoxy groups -OCH3 is 1. The predicted molar refractivity (Wildman–Crippen MR) is 181 cm³/mol. The quantitative estimate of drug-likeness (QED) is 0.178. The highest BCUT2D eigenvalue weighted by atomic mass is 35.5. The Bertz CT molecular complexity index is 1660. The van der Waals surface area contributed by atoms with Gasteiger partial charge in [0.2, 0.25) is 5.95 Å². The molecule has 0 radical (unpaired) electrons. The summed E-state index contributed by atoms with van der Waals surface area (Å²) in [6.45, 7) is 6.78. The molecule has 1 N–H and O–H groups in total. The molecule has 0 unspecified atom stereocenters. The lowest BCUT2D eigenvalue weighted by molar-refractivity contribution is -0.0918. The summed E-state index contributed by atoms with van der Waals surface area (Å²) in [5.41, 5.74) is 1.90. The highest BCUT2D eigenvalue weighted by molar-refractivity contribution is 6.32. The van der Waals surface area contributed by atoms with Crippen molar-refractivity contribution in [2.24, 2.45) is 0 Å². The number of tetrazole rings is 1. The van der Waals surface area contributed by atoms with Crippen LogP contribution in [0.3, 0.4) is 0 Å². The summed E-state index contributed by atoms with van der Waals surface area (Å²) >= 11 is 6.43. The van der Waals surface area contributed by atoms with Crippen molar-refractivity contribution in [2.45, 2.75) is 89.3 Å². The van der Waals surface area contributed by atoms with E-state index in [9.17, 15) is 8.78 Å². The number of nitrogens with one attached hydrogen (secondary N) is 1. The van der Waals surface area contributed by atoms with Gasteiger partial charge in [0.1, 0.15) is 30.5 Å². The van der Waals surface area contributed by atoms with Crippen LogP contribution in [0.5, 0.6) is 11.6 Å². The third-order valence-corrected chi connectivity index (χ3v) is 9.12. The topological polar surface area (TPSA) is 139 Å². The van der Waals surface area contributed by atoms with Crippen LogP contribution in [-0.4, -0.2) is 109 Å². The summed E-state index contributed by atoms with van der Waals surface area (Å²) in [6, 6.07) is 5.98. The van der Waals surface area contributed by atoms with Crippen molar-refractivity contribution in [1.82, 2.24) is 44.9 Å². The third kappa shape index (κ3) is 9.21. The van der Waals surface area contributed by atoms with Gasteiger partial charge in [-0.15, -0.1) is 10.2 Å². The number of morpholine rings is 1. The minimum absolute atomic E-state index is 0.0432. The van der Waals surface area contributed by atoms with E-state index in [4.69, 9.17) is 25.8 Å². The summed E-state index contributed by atoms with van der Waals surface area (Å²) in [5.74, 6) is -2.40. The Morgan fingerprint density at radius 1 is 1.04 bits per heavy atom. The first kappa shape index (κ1) is 35.8. The van der Waals surface area contributed by atoms with Crippen molar-refractivity contribution >= 4 is 23.2 Å². The van der Waals surface area contributed by atoms with E-state index in [0.29, 0.717) is 29.0 Å². The number of hydrogen-bond donors (Lipinski definition) is 1. The first-order valence-corrected chi connectivity index (χ1v) is 17.2. The number of rotatable bonds is 14. The second-order valence-electron chi connectivity index (χ2n) is 13.1. The maximum absolute atomic E-state index is 14.3. The molecule has 270 valence electrons. The van der Waals surface area contributed by atoms with Gasteiger partial charge in [-0.2, -0.15) is 0 Å². The van der Waals surface area contributed by atoms with E-state index in [1.54, 1.807) is 29.3 Å². The van der Waals surface area contributed by atoms with E-state index in [1.807, 2.05) is 23.7 Å². The van der Waals surface area contributed by atoms with Crippen LogP contribution in [0.4, 0.5) is 20.4 Å². The largest absolute Gasteiger partial charge is 0.487 e. The van der Waals surface area contributed by atoms with E-state index in [-0.39, 0.29) is 36.2 Å². The molecule has 2 fully saturated rings. The molecular weight excluding hydrogens is 674 g/mol. The molecule has 0 spiro atoms. The fraction of sp³-hybridized carbons (Fsp3) is 0.576. The Balaban J connectivity index is 1.14. The predicted octanol–water partition coefficient (Wildman–Crippen LogP) is 5.44. The minimum Gasteiger partial charge on any atom is -0.487 e. The summed E-state index contributed by atoms with van der Waals surface area (Å²) in [7, 11) is 1.22. The maximum Gasteiger partial charge on any atom is 0.304 e. The van der Waals surface area contributed by atoms with Crippen LogP contribution in [0.25, 0.3) is 11.1 Å². The van der Waals surface area contributed by atoms with Gasteiger partial charge in [0.15, 0.2) is 6.61 Å². The fourth-order valence-electron chi connectivity index (χ4n) is 6.60. The molecule has 17 heteroatoms. The lowest BCUT2D eigenvalue weighted by Crippen LogP contribution is -2.51. The molecule has 4 heterocycles. The summed E-state index contributed by atoms with van der Waals surface area (Å²) in [6.07, 6.45) is 10.6. The lowest BCUT2D eigenvalue weighted by Gasteiger charge is -2.42. The van der Waals surface area contributed by atoms with Crippen LogP contribution in [-0.2, 0) is 16.0 Å². The van der Waals surface area contributed by atoms with E-state index in [0.717, 1.165) is 49.9 Å². The lowest BCUT2D eigenvalue weighted by atomic mass is 9.89. The standard InChI is InChI=1S/C33H43ClF2N10O4/c1-21-14-44(15-22(2)49-21)26-6-8-27(9-7-26)46-17-29(31(41-46)48-19-33(35,36)18-47-4)40-32-37-12-25(13-38-32)24-5-10-28(34)30(11-24)50-23(3)16-45-20-39-42-43-45/h5,10-13,17,20-23,26-27H,6-9,14-16,18-19H2,1-4H3,(H,37,38,40)/t21-,22+,23-,26?,27?/m0/s1. The van der Waals surface area contributed by atoms with Crippen LogP contribution >= 0.6 is 11.6 Å². The molecule has 1 aliphatic heterocycles. The number of halogens is 3. The SMILES string of the molecule is COCC(F)(F)COc1nn(C2CCC(N3C[C@@H](C)O[C@@H](C)C3)CC2)cc1Nc1ncc(-c2ccc(Cl)c(O[C@@H](C)Cn3cnnn3)c2)cn1. The Morgan fingerprint density at radius 2 is 1.76 bits per heavy atom. The minimum atomic E-state index is -3.19. The van der Waals surface area contributed by atoms with E-state index in [2.05, 4.69) is 59.4 Å². The van der Waals surface area contributed by atoms with Crippen LogP contribution in [0.1, 0.15) is 52.5 Å². The van der Waals surface area contributed by atoms with Gasteiger partial charge in [0, 0.05) is 44.2 Å². The van der Waals surface area contributed by atoms with E-state index in [1.165, 1.54) is 13.4 Å². The molecule has 1 aliphatic carbocycles. The molecule has 50 heavy (non-hydrogen) atoms. The number of ether oxygens (including phenoxy) is 4. The van der Waals surface area contributed by atoms with Crippen LogP contribution < -0.4 is 14.8 Å². The van der Waals surface area contributed by atoms with Gasteiger partial charge in [-0.05, 0) is 74.6 Å². The van der Waals surface area contributed by atoms with Crippen molar-refractivity contribution in [3.63, 3.8) is 0 Å². The second-order valence-corrected chi connectivity index (χ2v) is 13.5. The van der Waals surface area contributed by atoms with Crippen LogP contribution in [0.2, 0.25) is 5.02 Å². The molecule has 1 aromatic carbocycles. The van der Waals surface area contributed by atoms with Crippen LogP contribution in [0.15, 0.2) is 43.1 Å². The number of hydrogen-bond acceptors (Lipinski definition) is 12. The Hall–Kier alpha value is -3.99. The Morgan fingerprint density at radius 3 is 2.44 bits per heavy atom. The normalized spacial score (nSPS) is 22.3. The molecular formula is C33H43ClF2N10O4. The van der Waals surface area contributed by atoms with Crippen molar-refractivity contribution in [3.05, 3.63) is 48.1 Å². The number of anilines is 2. The Labute approximate surface area is 294 Å². The highest BCUT2D eigenvalue weighted by Gasteiger charge is 2.34. The van der Waals surface area contributed by atoms with Gasteiger partial charge in [0.05, 0.1) is 36.0 Å². The van der Waals surface area contributed by atoms with Crippen LogP contribution in [0, 0.1) is 0 Å². The number of alkyl halides is 2. The van der Waals surface area contributed by atoms with Gasteiger partial charge in [-0.3, -0.25) is 9.58 Å². The van der Waals surface area contributed by atoms with E-state index < -0.39 is 19.1 Å². The Kier molecular flexibility index (Phi) is 11.4. The summed E-state index contributed by atoms with van der Waals surface area (Å²) in [5, 5.41) is 19.3. The van der Waals surface area contributed by atoms with Gasteiger partial charge in [-0.1, -0.05) is 17.7 Å². The molecule has 1 saturated carbocycles. The summed E-state index contributed by atoms with van der Waals surface area (Å²) < 4.78 is 54.3. The van der Waals surface area contributed by atoms with Gasteiger partial charge in [0.25, 0.3) is 5.88 Å². The highest BCUT2D eigenvalue weighted by Crippen LogP contribution is 2.36. The second kappa shape index (κ2) is 15.9. The average Bonchev–Trinajstić information content (AvgIpc) is 3.75. The van der Waals surface area contributed by atoms with Crippen molar-refractivity contribution in [2.75, 3.05) is 38.7 Å².